The van der Waals surface area contributed by atoms with Crippen molar-refractivity contribution in [3.05, 3.63) is 0 Å². The van der Waals surface area contributed by atoms with E-state index in [4.69, 9.17) is 11.1 Å². The van der Waals surface area contributed by atoms with Crippen molar-refractivity contribution in [2.45, 2.75) is 12.5 Å². The molecule has 0 amide bonds. The van der Waals surface area contributed by atoms with Crippen molar-refractivity contribution in [3.8, 4) is 0 Å². The van der Waals surface area contributed by atoms with Crippen LogP contribution in [0.4, 0.5) is 0 Å². The molecule has 0 rings (SSSR count). The van der Waals surface area contributed by atoms with Crippen LogP contribution in [0, 0.1) is 0 Å². The standard InChI is InChI=1S/C3H9ClSSi/c4-6-3-1-2-5/h5H,1-3,6H2. The van der Waals surface area contributed by atoms with Crippen LogP contribution in [0.15, 0.2) is 0 Å². The lowest BCUT2D eigenvalue weighted by Crippen LogP contribution is -1.77. The predicted molar refractivity (Wildman–Crippen MR) is 37.7 cm³/mol. The second-order valence-corrected chi connectivity index (χ2v) is 3.79. The molecule has 0 nitrogen and oxygen atoms in total. The maximum atomic E-state index is 5.49. The van der Waals surface area contributed by atoms with Crippen molar-refractivity contribution < 1.29 is 0 Å². The fourth-order valence-electron chi connectivity index (χ4n) is 0.206. The van der Waals surface area contributed by atoms with Crippen LogP contribution in [-0.4, -0.2) is 14.6 Å². The second kappa shape index (κ2) is 5.86. The van der Waals surface area contributed by atoms with Gasteiger partial charge in [0, 0.05) is 0 Å². The highest BCUT2D eigenvalue weighted by atomic mass is 35.6. The zero-order valence-electron chi connectivity index (χ0n) is 3.65. The van der Waals surface area contributed by atoms with Crippen LogP contribution >= 0.6 is 23.7 Å². The highest BCUT2D eigenvalue weighted by Crippen LogP contribution is 1.91. The average molecular weight is 141 g/mol. The first-order valence-corrected chi connectivity index (χ1v) is 5.85. The molecule has 0 saturated carbocycles. The van der Waals surface area contributed by atoms with Crippen molar-refractivity contribution in [3.63, 3.8) is 0 Å². The van der Waals surface area contributed by atoms with Crippen LogP contribution in [0.3, 0.4) is 0 Å². The zero-order valence-corrected chi connectivity index (χ0v) is 6.72. The molecular formula is C3H9ClSSi. The highest BCUT2D eigenvalue weighted by molar-refractivity contribution is 7.80. The SMILES string of the molecule is SCCC[SiH2]Cl. The van der Waals surface area contributed by atoms with Gasteiger partial charge in [0.15, 0.2) is 0 Å². The van der Waals surface area contributed by atoms with Crippen LogP contribution in [-0.2, 0) is 0 Å². The van der Waals surface area contributed by atoms with Gasteiger partial charge in [0.2, 0.25) is 0 Å². The number of hydrogen-bond donors (Lipinski definition) is 1. The van der Waals surface area contributed by atoms with E-state index in [1.807, 2.05) is 0 Å². The van der Waals surface area contributed by atoms with Crippen molar-refractivity contribution in [2.24, 2.45) is 0 Å². The normalized spacial score (nSPS) is 11.0. The van der Waals surface area contributed by atoms with E-state index in [-0.39, 0.29) is 8.83 Å². The molecule has 0 saturated heterocycles. The molecule has 38 valence electrons. The van der Waals surface area contributed by atoms with E-state index in [1.165, 1.54) is 12.5 Å². The molecule has 0 aromatic carbocycles. The first-order valence-electron chi connectivity index (χ1n) is 2.08. The summed E-state index contributed by atoms with van der Waals surface area (Å²) in [5, 5.41) is 0. The summed E-state index contributed by atoms with van der Waals surface area (Å²) in [6.45, 7) is 0. The van der Waals surface area contributed by atoms with Gasteiger partial charge in [-0.05, 0) is 18.2 Å². The second-order valence-electron chi connectivity index (χ2n) is 1.12. The molecule has 0 unspecified atom stereocenters. The van der Waals surface area contributed by atoms with Crippen LogP contribution in [0.2, 0.25) is 6.04 Å². The van der Waals surface area contributed by atoms with Gasteiger partial charge < -0.3 is 0 Å². The summed E-state index contributed by atoms with van der Waals surface area (Å²) in [5.41, 5.74) is 0. The lowest BCUT2D eigenvalue weighted by Gasteiger charge is -1.83. The van der Waals surface area contributed by atoms with E-state index >= 15 is 0 Å². The minimum atomic E-state index is -0.174. The lowest BCUT2D eigenvalue weighted by molar-refractivity contribution is 1.10. The molecule has 0 fully saturated rings. The van der Waals surface area contributed by atoms with Crippen LogP contribution in [0.5, 0.6) is 0 Å². The van der Waals surface area contributed by atoms with E-state index < -0.39 is 0 Å². The molecular weight excluding hydrogens is 132 g/mol. The summed E-state index contributed by atoms with van der Waals surface area (Å²) in [4.78, 5) is 0. The highest BCUT2D eigenvalue weighted by Gasteiger charge is 1.78. The number of thiol groups is 1. The Labute approximate surface area is 51.2 Å². The van der Waals surface area contributed by atoms with Gasteiger partial charge in [-0.1, -0.05) is 0 Å². The largest absolute Gasteiger partial charge is 0.179 e. The number of hydrogen-bond acceptors (Lipinski definition) is 1. The summed E-state index contributed by atoms with van der Waals surface area (Å²) in [6, 6.07) is 1.24. The molecule has 0 aliphatic carbocycles. The minimum absolute atomic E-state index is 0.174. The molecule has 0 atom stereocenters. The first-order chi connectivity index (χ1) is 2.91. The monoisotopic (exact) mass is 140 g/mol. The van der Waals surface area contributed by atoms with Crippen molar-refractivity contribution in [2.75, 3.05) is 5.75 Å². The Kier molecular flexibility index (Phi) is 6.69. The Morgan fingerprint density at radius 2 is 2.33 bits per heavy atom. The molecule has 0 heterocycles. The smallest absolute Gasteiger partial charge is 0.125 e. The molecule has 0 aromatic rings. The maximum Gasteiger partial charge on any atom is 0.125 e. The molecule has 6 heavy (non-hydrogen) atoms. The molecule has 0 spiro atoms. The average Bonchev–Trinajstić information content (AvgIpc) is 1.61. The van der Waals surface area contributed by atoms with Gasteiger partial charge in [-0.2, -0.15) is 23.7 Å². The topological polar surface area (TPSA) is 0 Å². The lowest BCUT2D eigenvalue weighted by atomic mass is 10.6. The predicted octanol–water partition coefficient (Wildman–Crippen LogP) is 1.05. The summed E-state index contributed by atoms with van der Waals surface area (Å²) >= 11 is 9.50. The summed E-state index contributed by atoms with van der Waals surface area (Å²) < 4.78 is 0. The van der Waals surface area contributed by atoms with Gasteiger partial charge in [-0.15, -0.1) is 0 Å². The third-order valence-corrected chi connectivity index (χ3v) is 2.43. The van der Waals surface area contributed by atoms with E-state index in [9.17, 15) is 0 Å². The summed E-state index contributed by atoms with van der Waals surface area (Å²) in [6.07, 6.45) is 1.21. The Balaban J connectivity index is 2.34. The summed E-state index contributed by atoms with van der Waals surface area (Å²) in [5.74, 6) is 1.000. The third-order valence-electron chi connectivity index (χ3n) is 0.542. The molecule has 0 aliphatic rings. The van der Waals surface area contributed by atoms with Gasteiger partial charge in [0.05, 0.1) is 0 Å². The first kappa shape index (κ1) is 6.86. The van der Waals surface area contributed by atoms with Crippen molar-refractivity contribution in [1.82, 2.24) is 0 Å². The van der Waals surface area contributed by atoms with Gasteiger partial charge in [0.1, 0.15) is 8.83 Å². The van der Waals surface area contributed by atoms with Crippen molar-refractivity contribution >= 4 is 32.5 Å². The fourth-order valence-corrected chi connectivity index (χ4v) is 1.86. The van der Waals surface area contributed by atoms with E-state index in [1.54, 1.807) is 0 Å². The van der Waals surface area contributed by atoms with E-state index in [0.29, 0.717) is 0 Å². The molecule has 3 heteroatoms. The molecule has 0 N–H and O–H groups in total. The summed E-state index contributed by atoms with van der Waals surface area (Å²) in [7, 11) is -0.174. The Hall–Kier alpha value is 0.857. The quantitative estimate of drug-likeness (QED) is 0.258. The molecule has 0 radical (unpaired) electrons. The molecule has 0 bridgehead atoms. The Morgan fingerprint density at radius 1 is 1.67 bits per heavy atom. The van der Waals surface area contributed by atoms with Gasteiger partial charge in [-0.25, -0.2) is 0 Å². The molecule has 0 aromatic heterocycles. The zero-order chi connectivity index (χ0) is 4.83. The van der Waals surface area contributed by atoms with Crippen molar-refractivity contribution in [1.29, 1.82) is 0 Å². The van der Waals surface area contributed by atoms with E-state index in [0.717, 1.165) is 5.75 Å². The van der Waals surface area contributed by atoms with E-state index in [2.05, 4.69) is 12.6 Å². The maximum absolute atomic E-state index is 5.49. The van der Waals surface area contributed by atoms with Crippen LogP contribution in [0.1, 0.15) is 6.42 Å². The third kappa shape index (κ3) is 4.86. The van der Waals surface area contributed by atoms with Gasteiger partial charge in [0.25, 0.3) is 0 Å². The molecule has 0 aliphatic heterocycles. The Morgan fingerprint density at radius 3 is 2.50 bits per heavy atom. The van der Waals surface area contributed by atoms with Gasteiger partial charge >= 0.3 is 0 Å². The van der Waals surface area contributed by atoms with Crippen LogP contribution in [0.25, 0.3) is 0 Å². The van der Waals surface area contributed by atoms with Crippen LogP contribution < -0.4 is 0 Å². The number of halogens is 1. The number of rotatable bonds is 3. The van der Waals surface area contributed by atoms with Gasteiger partial charge in [-0.3, -0.25) is 0 Å². The minimum Gasteiger partial charge on any atom is -0.179 e. The fraction of sp³-hybridized carbons (Fsp3) is 1.00. The Bertz CT molecular complexity index is 22.8.